The molecule has 2 aromatic rings. The first-order valence-electron chi connectivity index (χ1n) is 6.68. The van der Waals surface area contributed by atoms with E-state index in [1.807, 2.05) is 19.1 Å². The number of nitrogens with one attached hydrogen (secondary N) is 2. The lowest BCUT2D eigenvalue weighted by molar-refractivity contribution is 0.950. The fourth-order valence-corrected chi connectivity index (χ4v) is 2.10. The molecule has 2 N–H and O–H groups in total. The van der Waals surface area contributed by atoms with Gasteiger partial charge in [0.2, 0.25) is 5.95 Å². The van der Waals surface area contributed by atoms with Crippen LogP contribution >= 0.6 is 15.9 Å². The van der Waals surface area contributed by atoms with Gasteiger partial charge in [0.1, 0.15) is 11.9 Å². The van der Waals surface area contributed by atoms with Crippen LogP contribution in [0.3, 0.4) is 0 Å². The summed E-state index contributed by atoms with van der Waals surface area (Å²) in [5, 5.41) is 15.5. The molecular formula is C15H16BrN5. The van der Waals surface area contributed by atoms with Crippen molar-refractivity contribution < 1.29 is 0 Å². The van der Waals surface area contributed by atoms with E-state index in [1.54, 1.807) is 12.3 Å². The van der Waals surface area contributed by atoms with Gasteiger partial charge in [-0.1, -0.05) is 22.9 Å². The minimum Gasteiger partial charge on any atom is -0.354 e. The lowest BCUT2D eigenvalue weighted by atomic mass is 10.2. The van der Waals surface area contributed by atoms with Gasteiger partial charge in [0.05, 0.1) is 11.3 Å². The Bertz CT molecular complexity index is 678. The van der Waals surface area contributed by atoms with Crippen molar-refractivity contribution in [3.63, 3.8) is 0 Å². The first kappa shape index (κ1) is 15.3. The highest BCUT2D eigenvalue weighted by Gasteiger charge is 2.08. The summed E-state index contributed by atoms with van der Waals surface area (Å²) in [5.41, 5.74) is 2.20. The maximum absolute atomic E-state index is 9.18. The van der Waals surface area contributed by atoms with Crippen molar-refractivity contribution in [3.8, 4) is 6.07 Å². The lowest BCUT2D eigenvalue weighted by Crippen LogP contribution is -2.07. The number of aryl methyl sites for hydroxylation is 1. The number of rotatable bonds is 5. The highest BCUT2D eigenvalue weighted by atomic mass is 79.9. The van der Waals surface area contributed by atoms with E-state index in [-0.39, 0.29) is 0 Å². The van der Waals surface area contributed by atoms with Crippen LogP contribution in [0.1, 0.15) is 24.5 Å². The molecule has 1 aromatic heterocycles. The summed E-state index contributed by atoms with van der Waals surface area (Å²) in [7, 11) is 0. The summed E-state index contributed by atoms with van der Waals surface area (Å²) >= 11 is 3.41. The normalized spacial score (nSPS) is 10.0. The quantitative estimate of drug-likeness (QED) is 0.857. The van der Waals surface area contributed by atoms with Crippen molar-refractivity contribution in [2.75, 3.05) is 17.2 Å². The minimum atomic E-state index is 0.569. The van der Waals surface area contributed by atoms with Crippen molar-refractivity contribution in [3.05, 3.63) is 40.0 Å². The number of hydrogen-bond donors (Lipinski definition) is 2. The van der Waals surface area contributed by atoms with Crippen molar-refractivity contribution >= 4 is 33.4 Å². The Labute approximate surface area is 132 Å². The SMILES string of the molecule is CCCNc1ncc(C)c(Nc2cc(Br)ccc2C#N)n1. The second-order valence-electron chi connectivity index (χ2n) is 4.58. The molecule has 0 bridgehead atoms. The zero-order valence-corrected chi connectivity index (χ0v) is 13.5. The predicted octanol–water partition coefficient (Wildman–Crippen LogP) is 3.98. The molecule has 0 fully saturated rings. The fourth-order valence-electron chi connectivity index (χ4n) is 1.74. The van der Waals surface area contributed by atoms with Crippen LogP contribution in [0.25, 0.3) is 0 Å². The van der Waals surface area contributed by atoms with Gasteiger partial charge in [0.25, 0.3) is 0 Å². The molecule has 0 radical (unpaired) electrons. The maximum atomic E-state index is 9.18. The minimum absolute atomic E-state index is 0.569. The second-order valence-corrected chi connectivity index (χ2v) is 5.49. The molecule has 0 aliphatic carbocycles. The summed E-state index contributed by atoms with van der Waals surface area (Å²) in [6.07, 6.45) is 2.77. The van der Waals surface area contributed by atoms with E-state index in [1.165, 1.54) is 0 Å². The van der Waals surface area contributed by atoms with E-state index in [9.17, 15) is 5.26 Å². The van der Waals surface area contributed by atoms with Gasteiger partial charge in [0.15, 0.2) is 0 Å². The van der Waals surface area contributed by atoms with Crippen molar-refractivity contribution in [1.29, 1.82) is 5.26 Å². The highest BCUT2D eigenvalue weighted by molar-refractivity contribution is 9.10. The Hall–Kier alpha value is -2.13. The Morgan fingerprint density at radius 2 is 2.19 bits per heavy atom. The van der Waals surface area contributed by atoms with Gasteiger partial charge >= 0.3 is 0 Å². The number of anilines is 3. The second kappa shape index (κ2) is 7.04. The molecule has 1 aromatic carbocycles. The molecule has 2 rings (SSSR count). The van der Waals surface area contributed by atoms with Gasteiger partial charge in [-0.2, -0.15) is 10.2 Å². The largest absolute Gasteiger partial charge is 0.354 e. The van der Waals surface area contributed by atoms with Crippen LogP contribution in [0.15, 0.2) is 28.9 Å². The number of aromatic nitrogens is 2. The predicted molar refractivity (Wildman–Crippen MR) is 87.7 cm³/mol. The van der Waals surface area contributed by atoms with E-state index in [4.69, 9.17) is 0 Å². The molecule has 0 atom stereocenters. The third-order valence-corrected chi connectivity index (χ3v) is 3.35. The Morgan fingerprint density at radius 3 is 2.90 bits per heavy atom. The molecule has 0 amide bonds. The summed E-state index contributed by atoms with van der Waals surface area (Å²) in [6, 6.07) is 7.63. The van der Waals surface area contributed by atoms with Crippen LogP contribution in [-0.4, -0.2) is 16.5 Å². The Morgan fingerprint density at radius 1 is 1.38 bits per heavy atom. The van der Waals surface area contributed by atoms with Gasteiger partial charge in [-0.15, -0.1) is 0 Å². The maximum Gasteiger partial charge on any atom is 0.224 e. The third kappa shape index (κ3) is 3.92. The van der Waals surface area contributed by atoms with Crippen LogP contribution in [0, 0.1) is 18.3 Å². The first-order valence-corrected chi connectivity index (χ1v) is 7.47. The monoisotopic (exact) mass is 345 g/mol. The number of nitrogens with zero attached hydrogens (tertiary/aromatic N) is 3. The fraction of sp³-hybridized carbons (Fsp3) is 0.267. The summed E-state index contributed by atoms with van der Waals surface area (Å²) in [6.45, 7) is 4.83. The third-order valence-electron chi connectivity index (χ3n) is 2.86. The molecule has 1 heterocycles. The summed E-state index contributed by atoms with van der Waals surface area (Å²) in [5.74, 6) is 1.27. The van der Waals surface area contributed by atoms with Crippen LogP contribution in [0.2, 0.25) is 0 Å². The number of nitriles is 1. The molecule has 0 saturated carbocycles. The smallest absolute Gasteiger partial charge is 0.224 e. The molecular weight excluding hydrogens is 330 g/mol. The van der Waals surface area contributed by atoms with Crippen molar-refractivity contribution in [2.45, 2.75) is 20.3 Å². The molecule has 0 spiro atoms. The zero-order chi connectivity index (χ0) is 15.2. The molecule has 108 valence electrons. The molecule has 0 aliphatic rings. The van der Waals surface area contributed by atoms with Gasteiger partial charge in [-0.25, -0.2) is 4.98 Å². The van der Waals surface area contributed by atoms with Crippen molar-refractivity contribution in [1.82, 2.24) is 9.97 Å². The van der Waals surface area contributed by atoms with Crippen LogP contribution in [-0.2, 0) is 0 Å². The van der Waals surface area contributed by atoms with E-state index in [0.717, 1.165) is 28.7 Å². The van der Waals surface area contributed by atoms with Crippen molar-refractivity contribution in [2.24, 2.45) is 0 Å². The average molecular weight is 346 g/mol. The summed E-state index contributed by atoms with van der Waals surface area (Å²) < 4.78 is 0.903. The van der Waals surface area contributed by atoms with Gasteiger partial charge in [-0.3, -0.25) is 0 Å². The molecule has 6 heteroatoms. The standard InChI is InChI=1S/C15H16BrN5/c1-3-6-18-15-19-9-10(2)14(21-15)20-13-7-12(16)5-4-11(13)8-17/h4-5,7,9H,3,6H2,1-2H3,(H2,18,19,20,21). The first-order chi connectivity index (χ1) is 10.1. The molecule has 0 saturated heterocycles. The molecule has 0 aliphatic heterocycles. The topological polar surface area (TPSA) is 73.6 Å². The number of hydrogen-bond acceptors (Lipinski definition) is 5. The van der Waals surface area contributed by atoms with Gasteiger partial charge in [0, 0.05) is 22.8 Å². The van der Waals surface area contributed by atoms with E-state index < -0.39 is 0 Å². The van der Waals surface area contributed by atoms with Crippen LogP contribution in [0.5, 0.6) is 0 Å². The van der Waals surface area contributed by atoms with E-state index in [0.29, 0.717) is 17.3 Å². The molecule has 5 nitrogen and oxygen atoms in total. The molecule has 0 unspecified atom stereocenters. The number of halogens is 1. The summed E-state index contributed by atoms with van der Waals surface area (Å²) in [4.78, 5) is 8.69. The van der Waals surface area contributed by atoms with Gasteiger partial charge < -0.3 is 10.6 Å². The zero-order valence-electron chi connectivity index (χ0n) is 11.9. The van der Waals surface area contributed by atoms with Crippen LogP contribution in [0.4, 0.5) is 17.5 Å². The van der Waals surface area contributed by atoms with Gasteiger partial charge in [-0.05, 0) is 31.5 Å². The average Bonchev–Trinajstić information content (AvgIpc) is 2.48. The van der Waals surface area contributed by atoms with E-state index in [2.05, 4.69) is 49.5 Å². The number of benzene rings is 1. The Balaban J connectivity index is 2.31. The van der Waals surface area contributed by atoms with Crippen LogP contribution < -0.4 is 10.6 Å². The molecule has 21 heavy (non-hydrogen) atoms. The Kier molecular flexibility index (Phi) is 5.12. The van der Waals surface area contributed by atoms with E-state index >= 15 is 0 Å². The highest BCUT2D eigenvalue weighted by Crippen LogP contribution is 2.25. The lowest BCUT2D eigenvalue weighted by Gasteiger charge is -2.12.